The van der Waals surface area contributed by atoms with Crippen molar-refractivity contribution in [1.29, 1.82) is 0 Å². The van der Waals surface area contributed by atoms with Gasteiger partial charge >= 0.3 is 0 Å². The van der Waals surface area contributed by atoms with Gasteiger partial charge in [0, 0.05) is 5.56 Å². The topological polar surface area (TPSA) is 35.2 Å². The van der Waals surface area contributed by atoms with Crippen molar-refractivity contribution in [2.45, 2.75) is 27.4 Å². The van der Waals surface area contributed by atoms with Gasteiger partial charge in [0.15, 0.2) is 0 Å². The summed E-state index contributed by atoms with van der Waals surface area (Å²) in [7, 11) is 0. The van der Waals surface area contributed by atoms with Crippen LogP contribution in [-0.2, 0) is 6.61 Å². The third kappa shape index (κ3) is 4.11. The van der Waals surface area contributed by atoms with Crippen LogP contribution in [-0.4, -0.2) is 6.54 Å². The molecule has 0 aliphatic rings. The Bertz CT molecular complexity index is 692. The fraction of sp³-hybridized carbons (Fsp3) is 0.263. The molecule has 0 bridgehead atoms. The van der Waals surface area contributed by atoms with Crippen molar-refractivity contribution in [2.24, 2.45) is 5.73 Å². The molecule has 2 N–H and O–H groups in total. The van der Waals surface area contributed by atoms with Crippen molar-refractivity contribution < 1.29 is 4.74 Å². The van der Waals surface area contributed by atoms with E-state index in [1.165, 1.54) is 16.7 Å². The smallest absolute Gasteiger partial charge is 0.122 e. The molecule has 0 saturated heterocycles. The van der Waals surface area contributed by atoms with Crippen LogP contribution >= 0.6 is 0 Å². The van der Waals surface area contributed by atoms with Crippen LogP contribution in [0.3, 0.4) is 0 Å². The second kappa shape index (κ2) is 6.97. The molecule has 108 valence electrons. The summed E-state index contributed by atoms with van der Waals surface area (Å²) < 4.78 is 5.95. The van der Waals surface area contributed by atoms with Gasteiger partial charge in [0.05, 0.1) is 6.54 Å². The van der Waals surface area contributed by atoms with E-state index in [1.807, 2.05) is 25.1 Å². The van der Waals surface area contributed by atoms with Crippen LogP contribution in [0.25, 0.3) is 0 Å². The summed E-state index contributed by atoms with van der Waals surface area (Å²) in [6.45, 7) is 7.20. The lowest BCUT2D eigenvalue weighted by Gasteiger charge is -2.12. The Balaban J connectivity index is 2.11. The Kier molecular flexibility index (Phi) is 5.03. The highest BCUT2D eigenvalue weighted by atomic mass is 16.5. The molecule has 0 fully saturated rings. The first-order chi connectivity index (χ1) is 10.1. The van der Waals surface area contributed by atoms with E-state index < -0.39 is 0 Å². The van der Waals surface area contributed by atoms with Crippen molar-refractivity contribution in [3.05, 3.63) is 64.2 Å². The average Bonchev–Trinajstić information content (AvgIpc) is 2.47. The first-order valence-corrected chi connectivity index (χ1v) is 7.08. The number of rotatable bonds is 3. The highest BCUT2D eigenvalue weighted by molar-refractivity contribution is 5.43. The fourth-order valence-corrected chi connectivity index (χ4v) is 2.15. The minimum absolute atomic E-state index is 0.379. The largest absolute Gasteiger partial charge is 0.489 e. The minimum Gasteiger partial charge on any atom is -0.489 e. The lowest BCUT2D eigenvalue weighted by Crippen LogP contribution is -2.00. The van der Waals surface area contributed by atoms with Crippen LogP contribution in [0.5, 0.6) is 5.75 Å². The van der Waals surface area contributed by atoms with Crippen molar-refractivity contribution in [1.82, 2.24) is 0 Å². The molecule has 0 aliphatic carbocycles. The first kappa shape index (κ1) is 15.2. The van der Waals surface area contributed by atoms with Crippen LogP contribution in [0.4, 0.5) is 0 Å². The molecule has 0 heterocycles. The molecule has 0 amide bonds. The van der Waals surface area contributed by atoms with E-state index in [0.29, 0.717) is 13.2 Å². The monoisotopic (exact) mass is 279 g/mol. The van der Waals surface area contributed by atoms with E-state index in [-0.39, 0.29) is 0 Å². The summed E-state index contributed by atoms with van der Waals surface area (Å²) in [5.74, 6) is 6.79. The molecule has 2 aromatic carbocycles. The van der Waals surface area contributed by atoms with Crippen molar-refractivity contribution in [3.8, 4) is 17.6 Å². The maximum absolute atomic E-state index is 5.95. The summed E-state index contributed by atoms with van der Waals surface area (Å²) >= 11 is 0. The first-order valence-electron chi connectivity index (χ1n) is 7.08. The van der Waals surface area contributed by atoms with Crippen LogP contribution in [0.2, 0.25) is 0 Å². The Morgan fingerprint density at radius 3 is 2.52 bits per heavy atom. The molecular weight excluding hydrogens is 258 g/mol. The quantitative estimate of drug-likeness (QED) is 0.873. The number of hydrogen-bond acceptors (Lipinski definition) is 2. The van der Waals surface area contributed by atoms with Crippen LogP contribution < -0.4 is 10.5 Å². The Morgan fingerprint density at radius 2 is 1.81 bits per heavy atom. The lowest BCUT2D eigenvalue weighted by atomic mass is 10.1. The third-order valence-corrected chi connectivity index (χ3v) is 3.40. The number of aryl methyl sites for hydroxylation is 3. The number of benzene rings is 2. The lowest BCUT2D eigenvalue weighted by molar-refractivity contribution is 0.303. The number of nitrogens with two attached hydrogens (primary N) is 1. The maximum Gasteiger partial charge on any atom is 0.122 e. The summed E-state index contributed by atoms with van der Waals surface area (Å²) in [5, 5.41) is 0. The highest BCUT2D eigenvalue weighted by Gasteiger charge is 2.03. The Morgan fingerprint density at radius 1 is 1.00 bits per heavy atom. The molecule has 0 spiro atoms. The van der Waals surface area contributed by atoms with Gasteiger partial charge < -0.3 is 10.5 Å². The normalized spacial score (nSPS) is 9.90. The summed E-state index contributed by atoms with van der Waals surface area (Å²) in [6.07, 6.45) is 0. The minimum atomic E-state index is 0.379. The molecule has 0 atom stereocenters. The van der Waals surface area contributed by atoms with Gasteiger partial charge in [0.25, 0.3) is 0 Å². The molecule has 2 heteroatoms. The molecular formula is C19H21NO. The van der Waals surface area contributed by atoms with E-state index in [9.17, 15) is 0 Å². The van der Waals surface area contributed by atoms with Gasteiger partial charge in [0.1, 0.15) is 12.4 Å². The second-order valence-electron chi connectivity index (χ2n) is 5.20. The summed E-state index contributed by atoms with van der Waals surface area (Å²) in [6, 6.07) is 12.4. The van der Waals surface area contributed by atoms with Gasteiger partial charge in [-0.3, -0.25) is 0 Å². The third-order valence-electron chi connectivity index (χ3n) is 3.40. The zero-order valence-corrected chi connectivity index (χ0v) is 12.9. The summed E-state index contributed by atoms with van der Waals surface area (Å²) in [5.41, 5.74) is 11.2. The van der Waals surface area contributed by atoms with E-state index in [0.717, 1.165) is 16.9 Å². The van der Waals surface area contributed by atoms with E-state index in [2.05, 4.69) is 43.9 Å². The molecule has 2 nitrogen and oxygen atoms in total. The molecule has 2 aromatic rings. The molecule has 0 unspecified atom stereocenters. The van der Waals surface area contributed by atoms with Gasteiger partial charge in [-0.25, -0.2) is 0 Å². The predicted molar refractivity (Wildman–Crippen MR) is 87.4 cm³/mol. The van der Waals surface area contributed by atoms with E-state index >= 15 is 0 Å². The molecule has 2 rings (SSSR count). The molecule has 0 saturated carbocycles. The maximum atomic E-state index is 5.95. The number of ether oxygens (including phenoxy) is 1. The van der Waals surface area contributed by atoms with Crippen LogP contribution in [0.1, 0.15) is 27.8 Å². The molecule has 0 aromatic heterocycles. The van der Waals surface area contributed by atoms with Gasteiger partial charge in [0.2, 0.25) is 0 Å². The Labute approximate surface area is 126 Å². The highest BCUT2D eigenvalue weighted by Crippen LogP contribution is 2.21. The zero-order chi connectivity index (χ0) is 15.2. The summed E-state index contributed by atoms with van der Waals surface area (Å²) in [4.78, 5) is 0. The van der Waals surface area contributed by atoms with Crippen LogP contribution in [0, 0.1) is 32.6 Å². The van der Waals surface area contributed by atoms with Gasteiger partial charge in [-0.15, -0.1) is 0 Å². The van der Waals surface area contributed by atoms with Crippen molar-refractivity contribution in [2.75, 3.05) is 6.54 Å². The molecule has 0 aliphatic heterocycles. The average molecular weight is 279 g/mol. The van der Waals surface area contributed by atoms with Gasteiger partial charge in [-0.1, -0.05) is 35.6 Å². The van der Waals surface area contributed by atoms with Gasteiger partial charge in [-0.2, -0.15) is 0 Å². The van der Waals surface area contributed by atoms with Crippen LogP contribution in [0.15, 0.2) is 36.4 Å². The zero-order valence-electron chi connectivity index (χ0n) is 12.9. The van der Waals surface area contributed by atoms with E-state index in [1.54, 1.807) is 0 Å². The fourth-order valence-electron chi connectivity index (χ4n) is 2.15. The predicted octanol–water partition coefficient (Wildman–Crippen LogP) is 3.50. The molecule has 21 heavy (non-hydrogen) atoms. The second-order valence-corrected chi connectivity index (χ2v) is 5.20. The Hall–Kier alpha value is -2.24. The van der Waals surface area contributed by atoms with Crippen molar-refractivity contribution in [3.63, 3.8) is 0 Å². The SMILES string of the molecule is Cc1ccc(C)c(COc2ccc(C#CCN)cc2C)c1. The number of hydrogen-bond donors (Lipinski definition) is 1. The van der Waals surface area contributed by atoms with Gasteiger partial charge in [-0.05, 0) is 55.7 Å². The van der Waals surface area contributed by atoms with E-state index in [4.69, 9.17) is 10.5 Å². The standard InChI is InChI=1S/C19H21NO/c1-14-6-7-15(2)18(11-14)13-21-19-9-8-17(5-4-10-20)12-16(19)3/h6-9,11-12H,10,13,20H2,1-3H3. The molecule has 0 radical (unpaired) electrons. The van der Waals surface area contributed by atoms with Crippen molar-refractivity contribution >= 4 is 0 Å².